The molecular formula is C16H21Cl2N3O2. The molecule has 1 aromatic carbocycles. The van der Waals surface area contributed by atoms with Crippen molar-refractivity contribution >= 4 is 41.5 Å². The maximum absolute atomic E-state index is 12.4. The lowest BCUT2D eigenvalue weighted by atomic mass is 10.0. The van der Waals surface area contributed by atoms with Crippen molar-refractivity contribution < 1.29 is 9.59 Å². The largest absolute Gasteiger partial charge is 0.353 e. The molecule has 126 valence electrons. The first-order chi connectivity index (χ1) is 10.6. The van der Waals surface area contributed by atoms with E-state index in [9.17, 15) is 9.59 Å². The average Bonchev–Trinajstić information content (AvgIpc) is 2.91. The molecule has 2 N–H and O–H groups in total. The Morgan fingerprint density at radius 1 is 1.26 bits per heavy atom. The number of nitrogens with zero attached hydrogens (tertiary/aromatic N) is 1. The van der Waals surface area contributed by atoms with Crippen molar-refractivity contribution in [1.82, 2.24) is 10.6 Å². The molecule has 1 unspecified atom stereocenters. The maximum Gasteiger partial charge on any atom is 0.227 e. The predicted octanol–water partition coefficient (Wildman–Crippen LogP) is 1.98. The number of hydrogen-bond acceptors (Lipinski definition) is 3. The number of carbonyl (C=O) groups excluding carboxylic acids is 2. The van der Waals surface area contributed by atoms with E-state index in [1.807, 2.05) is 18.2 Å². The summed E-state index contributed by atoms with van der Waals surface area (Å²) >= 11 is 6.15. The minimum Gasteiger partial charge on any atom is -0.353 e. The molecule has 3 rings (SSSR count). The number of carbonyl (C=O) groups is 2. The van der Waals surface area contributed by atoms with Gasteiger partial charge in [0.1, 0.15) is 0 Å². The lowest BCUT2D eigenvalue weighted by molar-refractivity contribution is -0.127. The van der Waals surface area contributed by atoms with E-state index < -0.39 is 0 Å². The van der Waals surface area contributed by atoms with Gasteiger partial charge in [0.15, 0.2) is 0 Å². The molecular weight excluding hydrogens is 337 g/mol. The Morgan fingerprint density at radius 2 is 1.96 bits per heavy atom. The summed E-state index contributed by atoms with van der Waals surface area (Å²) in [7, 11) is 0. The first kappa shape index (κ1) is 18.0. The molecule has 5 nitrogen and oxygen atoms in total. The van der Waals surface area contributed by atoms with E-state index in [2.05, 4.69) is 10.6 Å². The third kappa shape index (κ3) is 4.16. The van der Waals surface area contributed by atoms with Gasteiger partial charge >= 0.3 is 0 Å². The molecule has 2 fully saturated rings. The van der Waals surface area contributed by atoms with Crippen LogP contribution in [0.25, 0.3) is 0 Å². The molecule has 0 saturated carbocycles. The normalized spacial score (nSPS) is 21.9. The highest BCUT2D eigenvalue weighted by Gasteiger charge is 2.36. The van der Waals surface area contributed by atoms with Gasteiger partial charge in [-0.1, -0.05) is 23.7 Å². The molecule has 0 aliphatic carbocycles. The first-order valence-corrected chi connectivity index (χ1v) is 8.09. The standard InChI is InChI=1S/C16H20ClN3O2.ClH/c17-13-3-1-2-4-14(13)20-10-11(9-15(20)21)16(22)19-12-5-7-18-8-6-12;/h1-4,11-12,18H,5-10H2,(H,19,22);1H. The van der Waals surface area contributed by atoms with Crippen molar-refractivity contribution in [3.05, 3.63) is 29.3 Å². The Hall–Kier alpha value is -1.30. The SMILES string of the molecule is Cl.O=C(NC1CCNCC1)C1CC(=O)N(c2ccccc2Cl)C1. The van der Waals surface area contributed by atoms with Gasteiger partial charge in [-0.2, -0.15) is 0 Å². The first-order valence-electron chi connectivity index (χ1n) is 7.71. The molecule has 2 amide bonds. The summed E-state index contributed by atoms with van der Waals surface area (Å²) in [5, 5.41) is 6.89. The Kier molecular flexibility index (Phi) is 6.27. The van der Waals surface area contributed by atoms with Crippen molar-refractivity contribution in [3.8, 4) is 0 Å². The summed E-state index contributed by atoms with van der Waals surface area (Å²) in [4.78, 5) is 26.2. The number of para-hydroxylation sites is 1. The molecule has 1 atom stereocenters. The molecule has 23 heavy (non-hydrogen) atoms. The number of hydrogen-bond donors (Lipinski definition) is 2. The number of piperidine rings is 1. The van der Waals surface area contributed by atoms with Gasteiger partial charge in [0, 0.05) is 19.0 Å². The van der Waals surface area contributed by atoms with E-state index in [0.29, 0.717) is 17.3 Å². The fourth-order valence-corrected chi connectivity index (χ4v) is 3.31. The zero-order valence-electron chi connectivity index (χ0n) is 12.8. The van der Waals surface area contributed by atoms with Gasteiger partial charge in [-0.05, 0) is 38.1 Å². The lowest BCUT2D eigenvalue weighted by Gasteiger charge is -2.25. The van der Waals surface area contributed by atoms with Crippen molar-refractivity contribution in [2.24, 2.45) is 5.92 Å². The van der Waals surface area contributed by atoms with Gasteiger partial charge in [-0.3, -0.25) is 9.59 Å². The second-order valence-corrected chi connectivity index (χ2v) is 6.30. The summed E-state index contributed by atoms with van der Waals surface area (Å²) in [5.74, 6) is -0.355. The van der Waals surface area contributed by atoms with Gasteiger partial charge in [-0.15, -0.1) is 12.4 Å². The van der Waals surface area contributed by atoms with Gasteiger partial charge in [0.05, 0.1) is 16.6 Å². The monoisotopic (exact) mass is 357 g/mol. The fourth-order valence-electron chi connectivity index (χ4n) is 3.07. The molecule has 1 aromatic rings. The van der Waals surface area contributed by atoms with Crippen LogP contribution in [0.15, 0.2) is 24.3 Å². The number of rotatable bonds is 3. The molecule has 7 heteroatoms. The van der Waals surface area contributed by atoms with Crippen LogP contribution in [0, 0.1) is 5.92 Å². The molecule has 2 heterocycles. The van der Waals surface area contributed by atoms with Crippen LogP contribution in [-0.2, 0) is 9.59 Å². The van der Waals surface area contributed by atoms with Gasteiger partial charge in [0.2, 0.25) is 11.8 Å². The Labute approximate surface area is 147 Å². The van der Waals surface area contributed by atoms with Crippen LogP contribution >= 0.6 is 24.0 Å². The quantitative estimate of drug-likeness (QED) is 0.869. The smallest absolute Gasteiger partial charge is 0.227 e. The Bertz CT molecular complexity index is 576. The molecule has 0 spiro atoms. The number of anilines is 1. The molecule has 2 aliphatic heterocycles. The second kappa shape index (κ2) is 7.99. The van der Waals surface area contributed by atoms with Crippen LogP contribution in [0.4, 0.5) is 5.69 Å². The van der Waals surface area contributed by atoms with Gasteiger partial charge < -0.3 is 15.5 Å². The maximum atomic E-state index is 12.4. The summed E-state index contributed by atoms with van der Waals surface area (Å²) in [5.41, 5.74) is 0.686. The molecule has 2 aliphatic rings. The number of benzene rings is 1. The fraction of sp³-hybridized carbons (Fsp3) is 0.500. The summed E-state index contributed by atoms with van der Waals surface area (Å²) in [6, 6.07) is 7.46. The lowest BCUT2D eigenvalue weighted by Crippen LogP contribution is -2.45. The van der Waals surface area contributed by atoms with Crippen molar-refractivity contribution in [1.29, 1.82) is 0 Å². The molecule has 0 aromatic heterocycles. The summed E-state index contributed by atoms with van der Waals surface area (Å²) < 4.78 is 0. The number of nitrogens with one attached hydrogen (secondary N) is 2. The molecule has 0 radical (unpaired) electrons. The summed E-state index contributed by atoms with van der Waals surface area (Å²) in [6.07, 6.45) is 2.14. The number of amides is 2. The van der Waals surface area contributed by atoms with Crippen LogP contribution in [0.5, 0.6) is 0 Å². The third-order valence-corrected chi connectivity index (χ3v) is 4.64. The van der Waals surface area contributed by atoms with Crippen LogP contribution in [0.1, 0.15) is 19.3 Å². The van der Waals surface area contributed by atoms with E-state index in [-0.39, 0.29) is 42.6 Å². The highest BCUT2D eigenvalue weighted by Crippen LogP contribution is 2.31. The van der Waals surface area contributed by atoms with Gasteiger partial charge in [0.25, 0.3) is 0 Å². The average molecular weight is 358 g/mol. The Balaban J connectivity index is 0.00000192. The van der Waals surface area contributed by atoms with Gasteiger partial charge in [-0.25, -0.2) is 0 Å². The minimum absolute atomic E-state index is 0. The van der Waals surface area contributed by atoms with E-state index in [1.165, 1.54) is 0 Å². The topological polar surface area (TPSA) is 61.4 Å². The van der Waals surface area contributed by atoms with Crippen LogP contribution in [0.3, 0.4) is 0 Å². The second-order valence-electron chi connectivity index (χ2n) is 5.89. The van der Waals surface area contributed by atoms with Crippen LogP contribution in [0.2, 0.25) is 5.02 Å². The van der Waals surface area contributed by atoms with E-state index in [4.69, 9.17) is 11.6 Å². The van der Waals surface area contributed by atoms with Crippen LogP contribution < -0.4 is 15.5 Å². The highest BCUT2D eigenvalue weighted by molar-refractivity contribution is 6.33. The van der Waals surface area contributed by atoms with Crippen molar-refractivity contribution in [2.45, 2.75) is 25.3 Å². The molecule has 2 saturated heterocycles. The highest BCUT2D eigenvalue weighted by atomic mass is 35.5. The van der Waals surface area contributed by atoms with E-state index >= 15 is 0 Å². The minimum atomic E-state index is -0.293. The van der Waals surface area contributed by atoms with E-state index in [0.717, 1.165) is 25.9 Å². The van der Waals surface area contributed by atoms with Crippen molar-refractivity contribution in [2.75, 3.05) is 24.5 Å². The zero-order valence-corrected chi connectivity index (χ0v) is 14.3. The zero-order chi connectivity index (χ0) is 15.5. The van der Waals surface area contributed by atoms with E-state index in [1.54, 1.807) is 11.0 Å². The predicted molar refractivity (Wildman–Crippen MR) is 93.2 cm³/mol. The van der Waals surface area contributed by atoms with Crippen molar-refractivity contribution in [3.63, 3.8) is 0 Å². The summed E-state index contributed by atoms with van der Waals surface area (Å²) in [6.45, 7) is 2.26. The molecule has 0 bridgehead atoms. The number of halogens is 2. The Morgan fingerprint density at radius 3 is 2.65 bits per heavy atom. The third-order valence-electron chi connectivity index (χ3n) is 4.32. The van der Waals surface area contributed by atoms with Crippen LogP contribution in [-0.4, -0.2) is 37.5 Å².